The Labute approximate surface area is 105 Å². The van der Waals surface area contributed by atoms with Gasteiger partial charge in [-0.25, -0.2) is 0 Å². The van der Waals surface area contributed by atoms with Crippen LogP contribution < -0.4 is 5.32 Å². The number of amides is 1. The van der Waals surface area contributed by atoms with Crippen molar-refractivity contribution in [3.8, 4) is 6.07 Å². The second-order valence-corrected chi connectivity index (χ2v) is 4.64. The molecule has 1 saturated carbocycles. The molecular weight excluding hydrogens is 226 g/mol. The van der Waals surface area contributed by atoms with E-state index >= 15 is 0 Å². The fourth-order valence-corrected chi connectivity index (χ4v) is 2.12. The quantitative estimate of drug-likeness (QED) is 0.887. The molecule has 1 amide bonds. The van der Waals surface area contributed by atoms with E-state index in [4.69, 9.17) is 5.26 Å². The molecule has 1 heterocycles. The van der Waals surface area contributed by atoms with Gasteiger partial charge in [-0.15, -0.1) is 0 Å². The van der Waals surface area contributed by atoms with Gasteiger partial charge in [0.2, 0.25) is 5.91 Å². The molecule has 0 bridgehead atoms. The Morgan fingerprint density at radius 1 is 1.44 bits per heavy atom. The summed E-state index contributed by atoms with van der Waals surface area (Å²) in [6.07, 6.45) is 3.92. The van der Waals surface area contributed by atoms with Crippen molar-refractivity contribution in [3.63, 3.8) is 0 Å². The van der Waals surface area contributed by atoms with Crippen LogP contribution in [0.25, 0.3) is 10.9 Å². The summed E-state index contributed by atoms with van der Waals surface area (Å²) in [5.41, 5.74) is 1.55. The third-order valence-electron chi connectivity index (χ3n) is 3.17. The van der Waals surface area contributed by atoms with Gasteiger partial charge >= 0.3 is 0 Å². The van der Waals surface area contributed by atoms with E-state index in [2.05, 4.69) is 11.4 Å². The third-order valence-corrected chi connectivity index (χ3v) is 3.17. The number of benzene rings is 1. The van der Waals surface area contributed by atoms with Crippen LogP contribution in [0.1, 0.15) is 18.4 Å². The van der Waals surface area contributed by atoms with E-state index in [0.717, 1.165) is 23.7 Å². The van der Waals surface area contributed by atoms with Crippen LogP contribution in [-0.4, -0.2) is 16.5 Å². The van der Waals surface area contributed by atoms with Gasteiger partial charge in [-0.1, -0.05) is 18.2 Å². The molecule has 0 atom stereocenters. The van der Waals surface area contributed by atoms with Crippen molar-refractivity contribution in [1.82, 2.24) is 9.88 Å². The number of carbonyl (C=O) groups is 1. The van der Waals surface area contributed by atoms with Crippen LogP contribution in [0.2, 0.25) is 0 Å². The zero-order valence-corrected chi connectivity index (χ0v) is 9.89. The topological polar surface area (TPSA) is 57.8 Å². The summed E-state index contributed by atoms with van der Waals surface area (Å²) in [7, 11) is 0. The SMILES string of the molecule is N#Cc1cn(CC(=O)NC2CC2)c2ccccc12. The minimum Gasteiger partial charge on any atom is -0.352 e. The highest BCUT2D eigenvalue weighted by atomic mass is 16.2. The Kier molecular flexibility index (Phi) is 2.52. The number of carbonyl (C=O) groups excluding carboxylic acids is 1. The number of aromatic nitrogens is 1. The van der Waals surface area contributed by atoms with E-state index in [9.17, 15) is 4.79 Å². The molecule has 1 fully saturated rings. The highest BCUT2D eigenvalue weighted by Gasteiger charge is 2.23. The number of para-hydroxylation sites is 1. The van der Waals surface area contributed by atoms with E-state index in [-0.39, 0.29) is 12.5 Å². The molecule has 90 valence electrons. The molecule has 4 nitrogen and oxygen atoms in total. The average molecular weight is 239 g/mol. The van der Waals surface area contributed by atoms with Crippen molar-refractivity contribution < 1.29 is 4.79 Å². The van der Waals surface area contributed by atoms with Crippen LogP contribution in [0.15, 0.2) is 30.5 Å². The molecule has 0 aliphatic heterocycles. The Morgan fingerprint density at radius 3 is 2.94 bits per heavy atom. The van der Waals surface area contributed by atoms with Gasteiger partial charge in [0.15, 0.2) is 0 Å². The third kappa shape index (κ3) is 1.95. The number of rotatable bonds is 3. The molecule has 18 heavy (non-hydrogen) atoms. The van der Waals surface area contributed by atoms with Crippen molar-refractivity contribution in [1.29, 1.82) is 5.26 Å². The van der Waals surface area contributed by atoms with Crippen molar-refractivity contribution in [2.45, 2.75) is 25.4 Å². The molecule has 3 rings (SSSR count). The van der Waals surface area contributed by atoms with E-state index in [1.165, 1.54) is 0 Å². The summed E-state index contributed by atoms with van der Waals surface area (Å²) in [5, 5.41) is 12.9. The van der Waals surface area contributed by atoms with Gasteiger partial charge in [-0.05, 0) is 18.9 Å². The molecule has 0 unspecified atom stereocenters. The highest BCUT2D eigenvalue weighted by Crippen LogP contribution is 2.21. The van der Waals surface area contributed by atoms with E-state index in [1.807, 2.05) is 28.8 Å². The molecular formula is C14H13N3O. The first-order valence-electron chi connectivity index (χ1n) is 6.05. The number of hydrogen-bond acceptors (Lipinski definition) is 2. The summed E-state index contributed by atoms with van der Waals surface area (Å²) in [6.45, 7) is 0.276. The zero-order valence-electron chi connectivity index (χ0n) is 9.89. The lowest BCUT2D eigenvalue weighted by molar-refractivity contribution is -0.121. The predicted molar refractivity (Wildman–Crippen MR) is 67.8 cm³/mol. The summed E-state index contributed by atoms with van der Waals surface area (Å²) in [4.78, 5) is 11.8. The molecule has 0 radical (unpaired) electrons. The van der Waals surface area contributed by atoms with Crippen LogP contribution >= 0.6 is 0 Å². The molecule has 0 saturated heterocycles. The fourth-order valence-electron chi connectivity index (χ4n) is 2.12. The van der Waals surface area contributed by atoms with Gasteiger partial charge < -0.3 is 9.88 Å². The largest absolute Gasteiger partial charge is 0.352 e. The summed E-state index contributed by atoms with van der Waals surface area (Å²) >= 11 is 0. The molecule has 1 aromatic heterocycles. The summed E-state index contributed by atoms with van der Waals surface area (Å²) < 4.78 is 1.84. The van der Waals surface area contributed by atoms with Gasteiger partial charge in [0.1, 0.15) is 12.6 Å². The lowest BCUT2D eigenvalue weighted by Gasteiger charge is -2.05. The average Bonchev–Trinajstić information content (AvgIpc) is 3.11. The highest BCUT2D eigenvalue weighted by molar-refractivity contribution is 5.88. The normalized spacial score (nSPS) is 14.4. The molecule has 1 aliphatic rings. The Bertz CT molecular complexity index is 647. The number of nitrogens with one attached hydrogen (secondary N) is 1. The summed E-state index contributed by atoms with van der Waals surface area (Å²) in [6, 6.07) is 10.2. The first-order valence-corrected chi connectivity index (χ1v) is 6.05. The number of nitrogens with zero attached hydrogens (tertiary/aromatic N) is 2. The van der Waals surface area contributed by atoms with E-state index in [1.54, 1.807) is 6.20 Å². The monoisotopic (exact) mass is 239 g/mol. The standard InChI is InChI=1S/C14H13N3O/c15-7-10-8-17(9-14(18)16-11-5-6-11)13-4-2-1-3-12(10)13/h1-4,8,11H,5-6,9H2,(H,16,18). The van der Waals surface area contributed by atoms with Gasteiger partial charge in [0.05, 0.1) is 5.56 Å². The minimum absolute atomic E-state index is 0.0164. The number of nitriles is 1. The molecule has 1 aliphatic carbocycles. The molecule has 1 N–H and O–H groups in total. The van der Waals surface area contributed by atoms with Gasteiger partial charge in [-0.2, -0.15) is 5.26 Å². The zero-order chi connectivity index (χ0) is 12.5. The second kappa shape index (κ2) is 4.19. The molecule has 1 aromatic carbocycles. The second-order valence-electron chi connectivity index (χ2n) is 4.64. The van der Waals surface area contributed by atoms with Gasteiger partial charge in [-0.3, -0.25) is 4.79 Å². The minimum atomic E-state index is 0.0164. The maximum atomic E-state index is 11.8. The lowest BCUT2D eigenvalue weighted by Crippen LogP contribution is -2.29. The van der Waals surface area contributed by atoms with Gasteiger partial charge in [0, 0.05) is 23.1 Å². The van der Waals surface area contributed by atoms with Crippen LogP contribution in [0, 0.1) is 11.3 Å². The van der Waals surface area contributed by atoms with Crippen molar-refractivity contribution in [3.05, 3.63) is 36.0 Å². The molecule has 4 heteroatoms. The first-order chi connectivity index (χ1) is 8.78. The molecule has 0 spiro atoms. The van der Waals surface area contributed by atoms with Crippen LogP contribution in [-0.2, 0) is 11.3 Å². The maximum Gasteiger partial charge on any atom is 0.240 e. The van der Waals surface area contributed by atoms with Crippen LogP contribution in [0.4, 0.5) is 0 Å². The van der Waals surface area contributed by atoms with Crippen LogP contribution in [0.3, 0.4) is 0 Å². The van der Waals surface area contributed by atoms with Crippen LogP contribution in [0.5, 0.6) is 0 Å². The van der Waals surface area contributed by atoms with Crippen molar-refractivity contribution in [2.24, 2.45) is 0 Å². The summed E-state index contributed by atoms with van der Waals surface area (Å²) in [5.74, 6) is 0.0164. The first kappa shape index (κ1) is 10.8. The van der Waals surface area contributed by atoms with Gasteiger partial charge in [0.25, 0.3) is 0 Å². The predicted octanol–water partition coefficient (Wildman–Crippen LogP) is 1.79. The van der Waals surface area contributed by atoms with E-state index < -0.39 is 0 Å². The number of hydrogen-bond donors (Lipinski definition) is 1. The lowest BCUT2D eigenvalue weighted by atomic mass is 10.2. The smallest absolute Gasteiger partial charge is 0.240 e. The van der Waals surface area contributed by atoms with Crippen molar-refractivity contribution in [2.75, 3.05) is 0 Å². The Hall–Kier alpha value is -2.28. The Balaban J connectivity index is 1.91. The Morgan fingerprint density at radius 2 is 2.22 bits per heavy atom. The van der Waals surface area contributed by atoms with Crippen molar-refractivity contribution >= 4 is 16.8 Å². The van der Waals surface area contributed by atoms with E-state index in [0.29, 0.717) is 11.6 Å². The fraction of sp³-hybridized carbons (Fsp3) is 0.286. The number of fused-ring (bicyclic) bond motifs is 1. The maximum absolute atomic E-state index is 11.8. The molecule has 2 aromatic rings.